The summed E-state index contributed by atoms with van der Waals surface area (Å²) >= 11 is 0. The Morgan fingerprint density at radius 1 is 1.42 bits per heavy atom. The van der Waals surface area contributed by atoms with Crippen LogP contribution in [0.2, 0.25) is 0 Å². The summed E-state index contributed by atoms with van der Waals surface area (Å²) in [4.78, 5) is 4.26. The van der Waals surface area contributed by atoms with Crippen LogP contribution in [0.25, 0.3) is 0 Å². The molecule has 6 heteroatoms. The highest BCUT2D eigenvalue weighted by Crippen LogP contribution is 2.45. The van der Waals surface area contributed by atoms with Gasteiger partial charge in [-0.05, 0) is 37.1 Å². The molecule has 0 aliphatic heterocycles. The molecule has 19 heavy (non-hydrogen) atoms. The molecule has 0 bridgehead atoms. The summed E-state index contributed by atoms with van der Waals surface area (Å²) in [5, 5.41) is 12.2. The molecular formula is C13H20IN3O2. The molecule has 0 spiro atoms. The van der Waals surface area contributed by atoms with Gasteiger partial charge in [0.1, 0.15) is 5.75 Å². The molecule has 106 valence electrons. The number of aliphatic hydroxyl groups excluding tert-OH is 1. The van der Waals surface area contributed by atoms with Crippen molar-refractivity contribution in [2.24, 2.45) is 16.1 Å². The zero-order valence-corrected chi connectivity index (χ0v) is 13.3. The molecule has 0 aromatic heterocycles. The maximum Gasteiger partial charge on any atom is 0.193 e. The largest absolute Gasteiger partial charge is 0.497 e. The van der Waals surface area contributed by atoms with Crippen LogP contribution in [-0.2, 0) is 0 Å². The van der Waals surface area contributed by atoms with Crippen molar-refractivity contribution in [2.75, 3.05) is 25.6 Å². The van der Waals surface area contributed by atoms with Gasteiger partial charge in [-0.1, -0.05) is 0 Å². The van der Waals surface area contributed by atoms with Gasteiger partial charge in [-0.2, -0.15) is 0 Å². The number of ether oxygens (including phenoxy) is 1. The van der Waals surface area contributed by atoms with Crippen LogP contribution in [0, 0.1) is 5.41 Å². The van der Waals surface area contributed by atoms with Crippen molar-refractivity contribution in [1.82, 2.24) is 0 Å². The summed E-state index contributed by atoms with van der Waals surface area (Å²) in [5.74, 6) is 1.17. The van der Waals surface area contributed by atoms with Crippen LogP contribution in [0.3, 0.4) is 0 Å². The SMILES string of the molecule is COc1ccc(NC(N)=NCC2(CO)CC2)cc1.I. The minimum absolute atomic E-state index is 0. The molecule has 0 heterocycles. The number of anilines is 1. The van der Waals surface area contributed by atoms with Crippen molar-refractivity contribution in [2.45, 2.75) is 12.8 Å². The predicted octanol–water partition coefficient (Wildman–Crippen LogP) is 1.81. The summed E-state index contributed by atoms with van der Waals surface area (Å²) < 4.78 is 5.07. The zero-order valence-electron chi connectivity index (χ0n) is 10.9. The number of aliphatic hydroxyl groups is 1. The summed E-state index contributed by atoms with van der Waals surface area (Å²) in [5.41, 5.74) is 6.65. The van der Waals surface area contributed by atoms with Crippen LogP contribution in [0.15, 0.2) is 29.3 Å². The minimum Gasteiger partial charge on any atom is -0.497 e. The van der Waals surface area contributed by atoms with E-state index >= 15 is 0 Å². The molecule has 1 aliphatic carbocycles. The van der Waals surface area contributed by atoms with Crippen molar-refractivity contribution < 1.29 is 9.84 Å². The van der Waals surface area contributed by atoms with Crippen LogP contribution in [0.5, 0.6) is 5.75 Å². The van der Waals surface area contributed by atoms with E-state index in [0.29, 0.717) is 12.5 Å². The lowest BCUT2D eigenvalue weighted by atomic mass is 10.1. The number of nitrogens with zero attached hydrogens (tertiary/aromatic N) is 1. The first-order valence-corrected chi connectivity index (χ1v) is 5.99. The quantitative estimate of drug-likeness (QED) is 0.416. The fraction of sp³-hybridized carbons (Fsp3) is 0.462. The van der Waals surface area contributed by atoms with Crippen LogP contribution >= 0.6 is 24.0 Å². The molecule has 0 unspecified atom stereocenters. The number of aliphatic imine (C=N–C) groups is 1. The molecule has 4 N–H and O–H groups in total. The lowest BCUT2D eigenvalue weighted by Crippen LogP contribution is -2.24. The second kappa shape index (κ2) is 6.95. The van der Waals surface area contributed by atoms with E-state index in [-0.39, 0.29) is 36.0 Å². The van der Waals surface area contributed by atoms with Gasteiger partial charge < -0.3 is 20.9 Å². The van der Waals surface area contributed by atoms with Gasteiger partial charge in [-0.25, -0.2) is 0 Å². The highest BCUT2D eigenvalue weighted by Gasteiger charge is 2.41. The highest BCUT2D eigenvalue weighted by molar-refractivity contribution is 14.0. The monoisotopic (exact) mass is 377 g/mol. The van der Waals surface area contributed by atoms with Crippen LogP contribution in [-0.4, -0.2) is 31.3 Å². The van der Waals surface area contributed by atoms with Crippen LogP contribution < -0.4 is 15.8 Å². The lowest BCUT2D eigenvalue weighted by molar-refractivity contribution is 0.217. The Balaban J connectivity index is 0.00000180. The van der Waals surface area contributed by atoms with Gasteiger partial charge in [0.05, 0.1) is 20.3 Å². The van der Waals surface area contributed by atoms with E-state index in [1.165, 1.54) is 0 Å². The number of hydrogen-bond donors (Lipinski definition) is 3. The minimum atomic E-state index is -0.00773. The van der Waals surface area contributed by atoms with Crippen molar-refractivity contribution in [3.63, 3.8) is 0 Å². The molecule has 2 rings (SSSR count). The van der Waals surface area contributed by atoms with E-state index in [2.05, 4.69) is 10.3 Å². The van der Waals surface area contributed by atoms with Crippen LogP contribution in [0.1, 0.15) is 12.8 Å². The van der Waals surface area contributed by atoms with Gasteiger partial charge in [-0.15, -0.1) is 24.0 Å². The lowest BCUT2D eigenvalue weighted by Gasteiger charge is -2.10. The Hall–Kier alpha value is -1.02. The molecule has 1 aromatic carbocycles. The molecule has 0 saturated heterocycles. The van der Waals surface area contributed by atoms with E-state index < -0.39 is 0 Å². The molecule has 0 amide bonds. The average molecular weight is 377 g/mol. The summed E-state index contributed by atoms with van der Waals surface area (Å²) in [6.45, 7) is 0.769. The van der Waals surface area contributed by atoms with E-state index in [4.69, 9.17) is 10.5 Å². The Bertz CT molecular complexity index is 430. The number of nitrogens with two attached hydrogens (primary N) is 1. The summed E-state index contributed by atoms with van der Waals surface area (Å²) in [6, 6.07) is 7.46. The standard InChI is InChI=1S/C13H19N3O2.HI/c1-18-11-4-2-10(3-5-11)16-12(14)15-8-13(9-17)6-7-13;/h2-5,17H,6-9H2,1H3,(H3,14,15,16);1H. The number of methoxy groups -OCH3 is 1. The Morgan fingerprint density at radius 2 is 2.05 bits per heavy atom. The number of nitrogens with one attached hydrogen (secondary N) is 1. The highest BCUT2D eigenvalue weighted by atomic mass is 127. The number of rotatable bonds is 5. The van der Waals surface area contributed by atoms with E-state index in [0.717, 1.165) is 24.3 Å². The van der Waals surface area contributed by atoms with Gasteiger partial charge in [0.15, 0.2) is 5.96 Å². The number of guanidine groups is 1. The number of hydrogen-bond acceptors (Lipinski definition) is 3. The molecule has 1 saturated carbocycles. The third kappa shape index (κ3) is 4.54. The van der Waals surface area contributed by atoms with Crippen molar-refractivity contribution >= 4 is 35.6 Å². The maximum absolute atomic E-state index is 9.17. The molecule has 0 atom stereocenters. The summed E-state index contributed by atoms with van der Waals surface area (Å²) in [6.07, 6.45) is 2.06. The van der Waals surface area contributed by atoms with Gasteiger partial charge >= 0.3 is 0 Å². The predicted molar refractivity (Wildman–Crippen MR) is 87.3 cm³/mol. The molecule has 5 nitrogen and oxygen atoms in total. The second-order valence-electron chi connectivity index (χ2n) is 4.71. The normalized spacial score (nSPS) is 16.4. The first-order valence-electron chi connectivity index (χ1n) is 5.99. The third-order valence-corrected chi connectivity index (χ3v) is 3.24. The maximum atomic E-state index is 9.17. The molecule has 1 aliphatic rings. The Kier molecular flexibility index (Phi) is 5.86. The second-order valence-corrected chi connectivity index (χ2v) is 4.71. The van der Waals surface area contributed by atoms with E-state index in [1.54, 1.807) is 7.11 Å². The van der Waals surface area contributed by atoms with E-state index in [9.17, 15) is 5.11 Å². The van der Waals surface area contributed by atoms with Gasteiger partial charge in [0.2, 0.25) is 0 Å². The third-order valence-electron chi connectivity index (χ3n) is 3.24. The fourth-order valence-corrected chi connectivity index (χ4v) is 1.66. The van der Waals surface area contributed by atoms with Crippen molar-refractivity contribution in [1.29, 1.82) is 0 Å². The van der Waals surface area contributed by atoms with Crippen molar-refractivity contribution in [3.8, 4) is 5.75 Å². The van der Waals surface area contributed by atoms with Gasteiger partial charge in [-0.3, -0.25) is 4.99 Å². The molecular weight excluding hydrogens is 357 g/mol. The van der Waals surface area contributed by atoms with Gasteiger partial charge in [0.25, 0.3) is 0 Å². The molecule has 1 fully saturated rings. The first kappa shape index (κ1) is 16.0. The summed E-state index contributed by atoms with van der Waals surface area (Å²) in [7, 11) is 1.63. The molecule has 1 aromatic rings. The van der Waals surface area contributed by atoms with E-state index in [1.807, 2.05) is 24.3 Å². The Labute approximate surface area is 130 Å². The van der Waals surface area contributed by atoms with Gasteiger partial charge in [0, 0.05) is 11.1 Å². The average Bonchev–Trinajstić information content (AvgIpc) is 3.18. The van der Waals surface area contributed by atoms with Crippen LogP contribution in [0.4, 0.5) is 5.69 Å². The molecule has 0 radical (unpaired) electrons. The number of halogens is 1. The first-order chi connectivity index (χ1) is 8.67. The Morgan fingerprint density at radius 3 is 2.53 bits per heavy atom. The topological polar surface area (TPSA) is 79.9 Å². The number of benzene rings is 1. The zero-order chi connectivity index (χ0) is 13.0. The fourth-order valence-electron chi connectivity index (χ4n) is 1.66. The smallest absolute Gasteiger partial charge is 0.193 e. The van der Waals surface area contributed by atoms with Crippen molar-refractivity contribution in [3.05, 3.63) is 24.3 Å².